The molecule has 0 aliphatic rings. The minimum Gasteiger partial charge on any atom is -0.326 e. The number of nitrogens with one attached hydrogen (secondary N) is 1. The molecule has 3 aromatic rings. The summed E-state index contributed by atoms with van der Waals surface area (Å²) in [4.78, 5) is 13.3. The smallest absolute Gasteiger partial charge is 0.228 e. The van der Waals surface area contributed by atoms with Crippen molar-refractivity contribution in [3.05, 3.63) is 94.8 Å². The zero-order valence-corrected chi connectivity index (χ0v) is 15.5. The molecule has 5 heteroatoms. The van der Waals surface area contributed by atoms with Crippen molar-refractivity contribution in [2.24, 2.45) is 0 Å². The van der Waals surface area contributed by atoms with Gasteiger partial charge in [0.05, 0.1) is 6.42 Å². The fraction of sp³-hybridized carbons (Fsp3) is 0.0952. The van der Waals surface area contributed by atoms with Crippen LogP contribution in [0.5, 0.6) is 0 Å². The highest BCUT2D eigenvalue weighted by molar-refractivity contribution is 7.98. The van der Waals surface area contributed by atoms with E-state index in [1.807, 2.05) is 42.5 Å². The maximum absolute atomic E-state index is 13.8. The number of thioether (sulfide) groups is 1. The summed E-state index contributed by atoms with van der Waals surface area (Å²) in [6.07, 6.45) is -0.0331. The van der Waals surface area contributed by atoms with Gasteiger partial charge in [-0.2, -0.15) is 0 Å². The molecule has 0 saturated carbocycles. The molecule has 26 heavy (non-hydrogen) atoms. The van der Waals surface area contributed by atoms with Crippen molar-refractivity contribution < 1.29 is 9.18 Å². The Labute approximate surface area is 161 Å². The zero-order chi connectivity index (χ0) is 18.4. The van der Waals surface area contributed by atoms with Crippen LogP contribution in [0.25, 0.3) is 0 Å². The molecule has 0 bridgehead atoms. The van der Waals surface area contributed by atoms with Crippen molar-refractivity contribution in [2.45, 2.75) is 17.1 Å². The van der Waals surface area contributed by atoms with E-state index in [2.05, 4.69) is 17.4 Å². The normalized spacial score (nSPS) is 10.5. The Bertz CT molecular complexity index is 884. The van der Waals surface area contributed by atoms with E-state index in [-0.39, 0.29) is 12.3 Å². The summed E-state index contributed by atoms with van der Waals surface area (Å²) in [6.45, 7) is 0. The average Bonchev–Trinajstić information content (AvgIpc) is 2.64. The number of carbonyl (C=O) groups excluding carboxylic acids is 1. The van der Waals surface area contributed by atoms with E-state index in [1.54, 1.807) is 17.8 Å². The third-order valence-corrected chi connectivity index (χ3v) is 5.07. The summed E-state index contributed by atoms with van der Waals surface area (Å²) in [7, 11) is 0. The van der Waals surface area contributed by atoms with Crippen LogP contribution in [0.4, 0.5) is 10.1 Å². The summed E-state index contributed by atoms with van der Waals surface area (Å²) in [5.74, 6) is 0.118. The molecule has 0 heterocycles. The number of amides is 1. The lowest BCUT2D eigenvalue weighted by Gasteiger charge is -2.08. The molecule has 0 saturated heterocycles. The Morgan fingerprint density at radius 1 is 1.00 bits per heavy atom. The van der Waals surface area contributed by atoms with Gasteiger partial charge in [0.1, 0.15) is 5.82 Å². The highest BCUT2D eigenvalue weighted by Crippen LogP contribution is 2.23. The number of carbonyl (C=O) groups is 1. The molecule has 0 atom stereocenters. The minimum atomic E-state index is -0.471. The molecule has 1 amide bonds. The molecule has 1 N–H and O–H groups in total. The largest absolute Gasteiger partial charge is 0.326 e. The van der Waals surface area contributed by atoms with Gasteiger partial charge in [0.2, 0.25) is 5.91 Å². The Morgan fingerprint density at radius 2 is 1.73 bits per heavy atom. The molecular weight excluding hydrogens is 369 g/mol. The highest BCUT2D eigenvalue weighted by atomic mass is 35.5. The average molecular weight is 386 g/mol. The van der Waals surface area contributed by atoms with Crippen LogP contribution in [0.3, 0.4) is 0 Å². The molecule has 0 spiro atoms. The van der Waals surface area contributed by atoms with Gasteiger partial charge in [0, 0.05) is 21.4 Å². The second-order valence-corrected chi connectivity index (χ2v) is 7.24. The third-order valence-electron chi connectivity index (χ3n) is 3.75. The van der Waals surface area contributed by atoms with Crippen molar-refractivity contribution in [3.63, 3.8) is 0 Å². The number of halogens is 2. The lowest BCUT2D eigenvalue weighted by Crippen LogP contribution is -2.15. The SMILES string of the molecule is O=C(Cc1ccc(Cl)cc1F)Nc1ccc(CSc2ccccc2)cc1. The molecule has 3 rings (SSSR count). The second kappa shape index (κ2) is 8.88. The van der Waals surface area contributed by atoms with Crippen LogP contribution >= 0.6 is 23.4 Å². The van der Waals surface area contributed by atoms with E-state index >= 15 is 0 Å². The monoisotopic (exact) mass is 385 g/mol. The van der Waals surface area contributed by atoms with E-state index in [0.717, 1.165) is 5.75 Å². The summed E-state index contributed by atoms with van der Waals surface area (Å²) in [5, 5.41) is 3.10. The fourth-order valence-corrected chi connectivity index (χ4v) is 3.45. The second-order valence-electron chi connectivity index (χ2n) is 5.76. The van der Waals surface area contributed by atoms with Gasteiger partial charge in [0.25, 0.3) is 0 Å². The number of rotatable bonds is 6. The first-order valence-electron chi connectivity index (χ1n) is 8.11. The number of anilines is 1. The first-order chi connectivity index (χ1) is 12.6. The standard InChI is InChI=1S/C21H17ClFNOS/c22-17-9-8-16(20(23)13-17)12-21(25)24-18-10-6-15(7-11-18)14-26-19-4-2-1-3-5-19/h1-11,13H,12,14H2,(H,24,25). The van der Waals surface area contributed by atoms with E-state index in [0.29, 0.717) is 16.3 Å². The Kier molecular flexibility index (Phi) is 6.31. The van der Waals surface area contributed by atoms with Crippen molar-refractivity contribution in [1.82, 2.24) is 0 Å². The molecule has 0 radical (unpaired) electrons. The van der Waals surface area contributed by atoms with Gasteiger partial charge < -0.3 is 5.32 Å². The zero-order valence-electron chi connectivity index (χ0n) is 13.9. The molecule has 0 unspecified atom stereocenters. The quantitative estimate of drug-likeness (QED) is 0.531. The molecule has 0 aliphatic carbocycles. The maximum Gasteiger partial charge on any atom is 0.228 e. The van der Waals surface area contributed by atoms with E-state index in [9.17, 15) is 9.18 Å². The van der Waals surface area contributed by atoms with Gasteiger partial charge in [-0.3, -0.25) is 4.79 Å². The van der Waals surface area contributed by atoms with E-state index in [1.165, 1.54) is 22.6 Å². The van der Waals surface area contributed by atoms with Gasteiger partial charge in [-0.1, -0.05) is 48.0 Å². The summed E-state index contributed by atoms with van der Waals surface area (Å²) in [5.41, 5.74) is 2.18. The Hall–Kier alpha value is -2.30. The van der Waals surface area contributed by atoms with Crippen molar-refractivity contribution in [3.8, 4) is 0 Å². The fourth-order valence-electron chi connectivity index (χ4n) is 2.41. The van der Waals surface area contributed by atoms with E-state index in [4.69, 9.17) is 11.6 Å². The number of hydrogen-bond donors (Lipinski definition) is 1. The maximum atomic E-state index is 13.8. The summed E-state index contributed by atoms with van der Waals surface area (Å²) < 4.78 is 13.8. The van der Waals surface area contributed by atoms with Crippen LogP contribution < -0.4 is 5.32 Å². The third kappa shape index (κ3) is 5.35. The first-order valence-corrected chi connectivity index (χ1v) is 9.47. The Balaban J connectivity index is 1.54. The molecular formula is C21H17ClFNOS. The summed E-state index contributed by atoms with van der Waals surface area (Å²) in [6, 6.07) is 22.2. The molecule has 0 aromatic heterocycles. The van der Waals surface area contributed by atoms with Gasteiger partial charge in [0.15, 0.2) is 0 Å². The topological polar surface area (TPSA) is 29.1 Å². The molecule has 132 valence electrons. The molecule has 2 nitrogen and oxygen atoms in total. The first kappa shape index (κ1) is 18.5. The van der Waals surface area contributed by atoms with Gasteiger partial charge >= 0.3 is 0 Å². The van der Waals surface area contributed by atoms with E-state index < -0.39 is 5.82 Å². The van der Waals surface area contributed by atoms with Gasteiger partial charge in [-0.25, -0.2) is 4.39 Å². The predicted octanol–water partition coefficient (Wildman–Crippen LogP) is 5.95. The molecule has 0 aliphatic heterocycles. The lowest BCUT2D eigenvalue weighted by molar-refractivity contribution is -0.115. The Morgan fingerprint density at radius 3 is 2.42 bits per heavy atom. The minimum absolute atomic E-state index is 0.0331. The van der Waals surface area contributed by atoms with Crippen molar-refractivity contribution in [1.29, 1.82) is 0 Å². The van der Waals surface area contributed by atoms with Crippen molar-refractivity contribution in [2.75, 3.05) is 5.32 Å². The summed E-state index contributed by atoms with van der Waals surface area (Å²) >= 11 is 7.48. The number of benzene rings is 3. The van der Waals surface area contributed by atoms with Crippen LogP contribution in [0.1, 0.15) is 11.1 Å². The molecule has 3 aromatic carbocycles. The van der Waals surface area contributed by atoms with Crippen LogP contribution in [0.15, 0.2) is 77.7 Å². The van der Waals surface area contributed by atoms with Crippen LogP contribution in [-0.4, -0.2) is 5.91 Å². The van der Waals surface area contributed by atoms with Crippen LogP contribution in [0.2, 0.25) is 5.02 Å². The predicted molar refractivity (Wildman–Crippen MR) is 106 cm³/mol. The van der Waals surface area contributed by atoms with Crippen LogP contribution in [-0.2, 0) is 17.0 Å². The van der Waals surface area contributed by atoms with Gasteiger partial charge in [-0.05, 0) is 47.5 Å². The molecule has 0 fully saturated rings. The highest BCUT2D eigenvalue weighted by Gasteiger charge is 2.09. The lowest BCUT2D eigenvalue weighted by atomic mass is 10.1. The van der Waals surface area contributed by atoms with Gasteiger partial charge in [-0.15, -0.1) is 11.8 Å². The van der Waals surface area contributed by atoms with Crippen molar-refractivity contribution >= 4 is 35.0 Å². The van der Waals surface area contributed by atoms with Crippen LogP contribution in [0, 0.1) is 5.82 Å². The number of hydrogen-bond acceptors (Lipinski definition) is 2.